The van der Waals surface area contributed by atoms with Gasteiger partial charge in [-0.25, -0.2) is 13.1 Å². The minimum absolute atomic E-state index is 0.0954. The molecule has 17 heavy (non-hydrogen) atoms. The molecule has 0 aliphatic heterocycles. The molecule has 1 N–H and O–H groups in total. The topological polar surface area (TPSA) is 46.2 Å². The fraction of sp³-hybridized carbons (Fsp3) is 0.600. The maximum absolute atomic E-state index is 12.1. The van der Waals surface area contributed by atoms with Gasteiger partial charge in [-0.3, -0.25) is 0 Å². The fourth-order valence-electron chi connectivity index (χ4n) is 1.92. The molecule has 0 bridgehead atoms. The molecule has 1 fully saturated rings. The minimum atomic E-state index is -3.42. The Balaban J connectivity index is 2.11. The van der Waals surface area contributed by atoms with Crippen molar-refractivity contribution in [3.05, 3.63) is 15.9 Å². The zero-order valence-electron chi connectivity index (χ0n) is 9.03. The van der Waals surface area contributed by atoms with E-state index in [9.17, 15) is 8.42 Å². The summed E-state index contributed by atoms with van der Waals surface area (Å²) in [7, 11) is -3.42. The highest BCUT2D eigenvalue weighted by molar-refractivity contribution is 9.11. The van der Waals surface area contributed by atoms with Gasteiger partial charge >= 0.3 is 0 Å². The van der Waals surface area contributed by atoms with Crippen LogP contribution in [0.1, 0.15) is 25.7 Å². The van der Waals surface area contributed by atoms with Gasteiger partial charge in [0, 0.05) is 11.4 Å². The van der Waals surface area contributed by atoms with Gasteiger partial charge in [0.05, 0.1) is 3.79 Å². The number of thiophene rings is 1. The molecule has 0 aromatic carbocycles. The molecule has 7 heteroatoms. The first-order valence-corrected chi connectivity index (χ1v) is 8.94. The second-order valence-corrected chi connectivity index (χ2v) is 9.05. The van der Waals surface area contributed by atoms with Gasteiger partial charge in [0.25, 0.3) is 0 Å². The number of sulfonamides is 1. The lowest BCUT2D eigenvalue weighted by atomic mass is 9.96. The van der Waals surface area contributed by atoms with Crippen molar-refractivity contribution in [1.82, 2.24) is 4.72 Å². The molecule has 0 saturated heterocycles. The van der Waals surface area contributed by atoms with E-state index in [0.29, 0.717) is 4.21 Å². The molecule has 2 unspecified atom stereocenters. The zero-order chi connectivity index (χ0) is 12.5. The molecule has 0 amide bonds. The Morgan fingerprint density at radius 1 is 1.35 bits per heavy atom. The lowest BCUT2D eigenvalue weighted by molar-refractivity contribution is 0.418. The Morgan fingerprint density at radius 2 is 2.06 bits per heavy atom. The van der Waals surface area contributed by atoms with Crippen molar-refractivity contribution in [3.8, 4) is 0 Å². The Bertz CT molecular complexity index is 488. The van der Waals surface area contributed by atoms with E-state index >= 15 is 0 Å². The molecule has 2 rings (SSSR count). The third kappa shape index (κ3) is 3.44. The Kier molecular flexibility index (Phi) is 4.52. The maximum Gasteiger partial charge on any atom is 0.250 e. The quantitative estimate of drug-likeness (QED) is 0.842. The summed E-state index contributed by atoms with van der Waals surface area (Å²) in [6, 6.07) is 3.19. The standard InChI is InChI=1S/C10H13BrClNO2S2/c11-9-5-6-10(16-9)17(14,15)13-8-4-2-1-3-7(8)12/h5-8,13H,1-4H2. The highest BCUT2D eigenvalue weighted by Crippen LogP contribution is 2.28. The van der Waals surface area contributed by atoms with E-state index in [4.69, 9.17) is 11.6 Å². The van der Waals surface area contributed by atoms with Gasteiger partial charge in [0.2, 0.25) is 10.0 Å². The summed E-state index contributed by atoms with van der Waals surface area (Å²) in [4.78, 5) is 0. The zero-order valence-corrected chi connectivity index (χ0v) is 13.0. The highest BCUT2D eigenvalue weighted by Gasteiger charge is 2.28. The van der Waals surface area contributed by atoms with Crippen LogP contribution in [0.4, 0.5) is 0 Å². The molecule has 1 saturated carbocycles. The molecule has 1 aromatic heterocycles. The van der Waals surface area contributed by atoms with Crippen LogP contribution in [0.5, 0.6) is 0 Å². The number of nitrogens with one attached hydrogen (secondary N) is 1. The van der Waals surface area contributed by atoms with E-state index in [2.05, 4.69) is 20.7 Å². The monoisotopic (exact) mass is 357 g/mol. The molecular formula is C10H13BrClNO2S2. The Hall–Kier alpha value is 0.380. The lowest BCUT2D eigenvalue weighted by Crippen LogP contribution is -2.42. The summed E-state index contributed by atoms with van der Waals surface area (Å²) < 4.78 is 28.0. The van der Waals surface area contributed by atoms with Crippen LogP contribution in [0, 0.1) is 0 Å². The molecule has 1 aromatic rings. The normalized spacial score (nSPS) is 26.0. The van der Waals surface area contributed by atoms with Crippen molar-refractivity contribution in [2.24, 2.45) is 0 Å². The van der Waals surface area contributed by atoms with Crippen molar-refractivity contribution in [1.29, 1.82) is 0 Å². The number of rotatable bonds is 3. The van der Waals surface area contributed by atoms with Crippen molar-refractivity contribution < 1.29 is 8.42 Å². The smallest absolute Gasteiger partial charge is 0.206 e. The summed E-state index contributed by atoms with van der Waals surface area (Å²) in [5.41, 5.74) is 0. The third-order valence-electron chi connectivity index (χ3n) is 2.80. The van der Waals surface area contributed by atoms with Crippen LogP contribution in [0.3, 0.4) is 0 Å². The fourth-order valence-corrected chi connectivity index (χ4v) is 5.67. The second kappa shape index (κ2) is 5.57. The largest absolute Gasteiger partial charge is 0.250 e. The average molecular weight is 359 g/mol. The van der Waals surface area contributed by atoms with E-state index in [1.165, 1.54) is 11.3 Å². The van der Waals surface area contributed by atoms with Crippen LogP contribution in [-0.2, 0) is 10.0 Å². The molecule has 0 spiro atoms. The van der Waals surface area contributed by atoms with Crippen LogP contribution in [0.25, 0.3) is 0 Å². The predicted octanol–water partition coefficient (Wildman–Crippen LogP) is 3.34. The van der Waals surface area contributed by atoms with Crippen LogP contribution in [0.2, 0.25) is 0 Å². The van der Waals surface area contributed by atoms with Gasteiger partial charge in [-0.05, 0) is 40.9 Å². The summed E-state index contributed by atoms with van der Waals surface area (Å²) in [6.45, 7) is 0. The van der Waals surface area contributed by atoms with Gasteiger partial charge in [-0.2, -0.15) is 0 Å². The van der Waals surface area contributed by atoms with Crippen molar-refractivity contribution in [2.45, 2.75) is 41.3 Å². The molecule has 0 radical (unpaired) electrons. The van der Waals surface area contributed by atoms with Crippen molar-refractivity contribution in [2.75, 3.05) is 0 Å². The minimum Gasteiger partial charge on any atom is -0.206 e. The van der Waals surface area contributed by atoms with Gasteiger partial charge in [-0.15, -0.1) is 22.9 Å². The molecule has 96 valence electrons. The molecule has 2 atom stereocenters. The lowest BCUT2D eigenvalue weighted by Gasteiger charge is -2.27. The molecular weight excluding hydrogens is 346 g/mol. The predicted molar refractivity (Wildman–Crippen MR) is 74.2 cm³/mol. The molecule has 1 heterocycles. The highest BCUT2D eigenvalue weighted by atomic mass is 79.9. The van der Waals surface area contributed by atoms with Gasteiger partial charge in [-0.1, -0.05) is 12.8 Å². The number of halogens is 2. The first kappa shape index (κ1) is 13.8. The van der Waals surface area contributed by atoms with E-state index in [1.807, 2.05) is 0 Å². The van der Waals surface area contributed by atoms with Crippen molar-refractivity contribution >= 4 is 48.9 Å². The van der Waals surface area contributed by atoms with Crippen LogP contribution in [-0.4, -0.2) is 19.8 Å². The van der Waals surface area contributed by atoms with Crippen LogP contribution < -0.4 is 4.72 Å². The summed E-state index contributed by atoms with van der Waals surface area (Å²) in [6.07, 6.45) is 3.81. The van der Waals surface area contributed by atoms with Crippen LogP contribution in [0.15, 0.2) is 20.1 Å². The Morgan fingerprint density at radius 3 is 2.65 bits per heavy atom. The number of hydrogen-bond donors (Lipinski definition) is 1. The van der Waals surface area contributed by atoms with Crippen molar-refractivity contribution in [3.63, 3.8) is 0 Å². The summed E-state index contributed by atoms with van der Waals surface area (Å²) >= 11 is 10.6. The van der Waals surface area contributed by atoms with E-state index in [0.717, 1.165) is 29.5 Å². The summed E-state index contributed by atoms with van der Waals surface area (Å²) in [5.74, 6) is 0. The summed E-state index contributed by atoms with van der Waals surface area (Å²) in [5, 5.41) is -0.0954. The second-order valence-electron chi connectivity index (χ2n) is 4.09. The average Bonchev–Trinajstić information content (AvgIpc) is 2.69. The molecule has 1 aliphatic carbocycles. The van der Waals surface area contributed by atoms with Gasteiger partial charge < -0.3 is 0 Å². The number of alkyl halides is 1. The van der Waals surface area contributed by atoms with E-state index < -0.39 is 10.0 Å². The first-order valence-electron chi connectivity index (χ1n) is 5.41. The van der Waals surface area contributed by atoms with Crippen LogP contribution >= 0.6 is 38.9 Å². The SMILES string of the molecule is O=S(=O)(NC1CCCCC1Cl)c1ccc(Br)s1. The first-order chi connectivity index (χ1) is 7.99. The third-order valence-corrected chi connectivity index (χ3v) is 6.93. The molecule has 1 aliphatic rings. The van der Waals surface area contributed by atoms with Gasteiger partial charge in [0.1, 0.15) is 4.21 Å². The molecule has 3 nitrogen and oxygen atoms in total. The maximum atomic E-state index is 12.1. The van der Waals surface area contributed by atoms with E-state index in [1.54, 1.807) is 12.1 Å². The van der Waals surface area contributed by atoms with Gasteiger partial charge in [0.15, 0.2) is 0 Å². The number of hydrogen-bond acceptors (Lipinski definition) is 3. The van der Waals surface area contributed by atoms with E-state index in [-0.39, 0.29) is 11.4 Å². The Labute approximate surface area is 119 Å².